The molecular weight excluding hydrogens is 259 g/mol. The number of rotatable bonds is 4. The molecule has 0 radical (unpaired) electrons. The van der Waals surface area contributed by atoms with E-state index in [4.69, 9.17) is 0 Å². The van der Waals surface area contributed by atoms with Crippen molar-refractivity contribution < 1.29 is 13.2 Å². The van der Waals surface area contributed by atoms with Crippen molar-refractivity contribution in [2.24, 2.45) is 0 Å². The van der Waals surface area contributed by atoms with Gasteiger partial charge in [0.15, 0.2) is 17.5 Å². The number of hydrogen-bond acceptors (Lipinski definition) is 2. The smallest absolute Gasteiger partial charge is 0.194 e. The van der Waals surface area contributed by atoms with Gasteiger partial charge in [-0.1, -0.05) is 13.0 Å². The second kappa shape index (κ2) is 5.97. The molecule has 1 saturated heterocycles. The summed E-state index contributed by atoms with van der Waals surface area (Å²) in [6.07, 6.45) is 2.06. The lowest BCUT2D eigenvalue weighted by Crippen LogP contribution is -2.30. The molecule has 0 amide bonds. The number of halogens is 3. The third kappa shape index (κ3) is 2.67. The summed E-state index contributed by atoms with van der Waals surface area (Å²) >= 11 is 1.76. The van der Waals surface area contributed by atoms with Gasteiger partial charge < -0.3 is 5.32 Å². The van der Waals surface area contributed by atoms with Crippen molar-refractivity contribution in [1.82, 2.24) is 5.32 Å². The summed E-state index contributed by atoms with van der Waals surface area (Å²) in [6.45, 7) is 2.59. The summed E-state index contributed by atoms with van der Waals surface area (Å²) in [5, 5.41) is 3.40. The van der Waals surface area contributed by atoms with Gasteiger partial charge in [-0.05, 0) is 31.2 Å². The topological polar surface area (TPSA) is 12.0 Å². The zero-order valence-electron chi connectivity index (χ0n) is 10.2. The Balaban J connectivity index is 2.32. The second-order valence-corrected chi connectivity index (χ2v) is 5.70. The highest BCUT2D eigenvalue weighted by molar-refractivity contribution is 8.00. The first-order valence-electron chi connectivity index (χ1n) is 6.13. The Morgan fingerprint density at radius 1 is 1.33 bits per heavy atom. The number of hydrogen-bond donors (Lipinski definition) is 1. The van der Waals surface area contributed by atoms with E-state index >= 15 is 0 Å². The minimum Gasteiger partial charge on any atom is -0.309 e. The summed E-state index contributed by atoms with van der Waals surface area (Å²) in [7, 11) is 0. The summed E-state index contributed by atoms with van der Waals surface area (Å²) in [5.41, 5.74) is 0.232. The fraction of sp³-hybridized carbons (Fsp3) is 0.538. The van der Waals surface area contributed by atoms with Crippen molar-refractivity contribution in [3.05, 3.63) is 35.1 Å². The normalized spacial score (nSPS) is 21.2. The van der Waals surface area contributed by atoms with Gasteiger partial charge in [0.05, 0.1) is 0 Å². The molecule has 1 nitrogen and oxygen atoms in total. The van der Waals surface area contributed by atoms with Gasteiger partial charge >= 0.3 is 0 Å². The maximum atomic E-state index is 13.8. The maximum Gasteiger partial charge on any atom is 0.194 e. The van der Waals surface area contributed by atoms with Crippen LogP contribution in [0.4, 0.5) is 13.2 Å². The van der Waals surface area contributed by atoms with E-state index in [2.05, 4.69) is 5.32 Å². The average Bonchev–Trinajstić information content (AvgIpc) is 2.88. The van der Waals surface area contributed by atoms with E-state index in [1.54, 1.807) is 11.8 Å². The molecule has 1 heterocycles. The monoisotopic (exact) mass is 275 g/mol. The summed E-state index contributed by atoms with van der Waals surface area (Å²) in [5.74, 6) is -2.53. The van der Waals surface area contributed by atoms with Crippen LogP contribution in [-0.2, 0) is 0 Å². The molecule has 1 N–H and O–H groups in total. The van der Waals surface area contributed by atoms with Crippen LogP contribution in [-0.4, -0.2) is 17.5 Å². The molecule has 0 aromatic heterocycles. The quantitative estimate of drug-likeness (QED) is 0.842. The molecule has 0 spiro atoms. The average molecular weight is 275 g/mol. The van der Waals surface area contributed by atoms with Crippen molar-refractivity contribution in [3.63, 3.8) is 0 Å². The van der Waals surface area contributed by atoms with E-state index in [0.717, 1.165) is 24.7 Å². The first-order chi connectivity index (χ1) is 8.65. The van der Waals surface area contributed by atoms with Crippen LogP contribution in [0, 0.1) is 17.5 Å². The van der Waals surface area contributed by atoms with Crippen molar-refractivity contribution in [2.45, 2.75) is 31.1 Å². The Bertz CT molecular complexity index is 419. The molecule has 0 aliphatic carbocycles. The van der Waals surface area contributed by atoms with Crippen LogP contribution in [0.1, 0.15) is 31.4 Å². The minimum atomic E-state index is -1.38. The van der Waals surface area contributed by atoms with Crippen LogP contribution >= 0.6 is 11.8 Å². The van der Waals surface area contributed by atoms with Gasteiger partial charge in [0.1, 0.15) is 0 Å². The third-order valence-electron chi connectivity index (χ3n) is 3.16. The molecule has 1 aliphatic rings. The maximum absolute atomic E-state index is 13.8. The fourth-order valence-electron chi connectivity index (χ4n) is 2.31. The molecule has 2 atom stereocenters. The van der Waals surface area contributed by atoms with Crippen molar-refractivity contribution in [3.8, 4) is 0 Å². The predicted molar refractivity (Wildman–Crippen MR) is 68.2 cm³/mol. The molecule has 1 aliphatic heterocycles. The summed E-state index contributed by atoms with van der Waals surface area (Å²) in [4.78, 5) is 0. The zero-order chi connectivity index (χ0) is 13.1. The lowest BCUT2D eigenvalue weighted by atomic mass is 10.00. The second-order valence-electron chi connectivity index (χ2n) is 4.35. The van der Waals surface area contributed by atoms with Crippen molar-refractivity contribution >= 4 is 11.8 Å². The van der Waals surface area contributed by atoms with E-state index in [0.29, 0.717) is 6.54 Å². The van der Waals surface area contributed by atoms with Gasteiger partial charge in [-0.3, -0.25) is 0 Å². The molecule has 1 aromatic rings. The van der Waals surface area contributed by atoms with Crippen LogP contribution < -0.4 is 5.32 Å². The Hall–Kier alpha value is -0.680. The van der Waals surface area contributed by atoms with Crippen LogP contribution in [0.5, 0.6) is 0 Å². The lowest BCUT2D eigenvalue weighted by Gasteiger charge is -2.24. The summed E-state index contributed by atoms with van der Waals surface area (Å²) in [6, 6.07) is 2.09. The van der Waals surface area contributed by atoms with Crippen LogP contribution in [0.25, 0.3) is 0 Å². The summed E-state index contributed by atoms with van der Waals surface area (Å²) < 4.78 is 40.1. The third-order valence-corrected chi connectivity index (χ3v) is 4.62. The lowest BCUT2D eigenvalue weighted by molar-refractivity contribution is 0.421. The highest BCUT2D eigenvalue weighted by atomic mass is 32.2. The zero-order valence-corrected chi connectivity index (χ0v) is 11.0. The van der Waals surface area contributed by atoms with Gasteiger partial charge in [0.2, 0.25) is 0 Å². The molecule has 2 unspecified atom stereocenters. The molecular formula is C13H16F3NS. The van der Waals surface area contributed by atoms with Gasteiger partial charge in [-0.15, -0.1) is 0 Å². The SMILES string of the molecule is CCNC(c1ccc(F)c(F)c1F)C1CCCS1. The largest absolute Gasteiger partial charge is 0.309 e. The standard InChI is InChI=1S/C13H16F3NS/c1-2-17-13(10-4-3-7-18-10)8-5-6-9(14)12(16)11(8)15/h5-6,10,13,17H,2-4,7H2,1H3. The highest BCUT2D eigenvalue weighted by Crippen LogP contribution is 2.37. The Morgan fingerprint density at radius 3 is 2.72 bits per heavy atom. The molecule has 1 aromatic carbocycles. The highest BCUT2D eigenvalue weighted by Gasteiger charge is 2.29. The van der Waals surface area contributed by atoms with E-state index in [9.17, 15) is 13.2 Å². The van der Waals surface area contributed by atoms with Gasteiger partial charge in [0, 0.05) is 16.9 Å². The first kappa shape index (κ1) is 13.7. The van der Waals surface area contributed by atoms with E-state index < -0.39 is 17.5 Å². The Labute approximate surface area is 109 Å². The van der Waals surface area contributed by atoms with Crippen molar-refractivity contribution in [2.75, 3.05) is 12.3 Å². The van der Waals surface area contributed by atoms with E-state index in [1.165, 1.54) is 6.07 Å². The molecule has 5 heteroatoms. The minimum absolute atomic E-state index is 0.226. The number of nitrogens with one attached hydrogen (secondary N) is 1. The molecule has 0 saturated carbocycles. The van der Waals surface area contributed by atoms with Gasteiger partial charge in [-0.25, -0.2) is 13.2 Å². The molecule has 0 bridgehead atoms. The van der Waals surface area contributed by atoms with Gasteiger partial charge in [-0.2, -0.15) is 11.8 Å². The fourth-order valence-corrected chi connectivity index (χ4v) is 3.71. The predicted octanol–water partition coefficient (Wildman–Crippen LogP) is 3.65. The van der Waals surface area contributed by atoms with E-state index in [1.807, 2.05) is 6.92 Å². The Kier molecular flexibility index (Phi) is 4.56. The number of thioether (sulfide) groups is 1. The molecule has 1 fully saturated rings. The number of benzene rings is 1. The van der Waals surface area contributed by atoms with E-state index in [-0.39, 0.29) is 16.9 Å². The first-order valence-corrected chi connectivity index (χ1v) is 7.18. The Morgan fingerprint density at radius 2 is 2.11 bits per heavy atom. The van der Waals surface area contributed by atoms with Crippen LogP contribution in [0.2, 0.25) is 0 Å². The molecule has 100 valence electrons. The van der Waals surface area contributed by atoms with Crippen LogP contribution in [0.3, 0.4) is 0 Å². The van der Waals surface area contributed by atoms with Gasteiger partial charge in [0.25, 0.3) is 0 Å². The molecule has 2 rings (SSSR count). The van der Waals surface area contributed by atoms with Crippen molar-refractivity contribution in [1.29, 1.82) is 0 Å². The molecule has 18 heavy (non-hydrogen) atoms. The van der Waals surface area contributed by atoms with Crippen LogP contribution in [0.15, 0.2) is 12.1 Å².